The van der Waals surface area contributed by atoms with Crippen LogP contribution in [-0.4, -0.2) is 45.5 Å². The summed E-state index contributed by atoms with van der Waals surface area (Å²) < 4.78 is 12.4. The Labute approximate surface area is 193 Å². The fourth-order valence-corrected chi connectivity index (χ4v) is 6.07. The number of benzene rings is 1. The number of carbonyl (C=O) groups excluding carboxylic acids is 1. The zero-order valence-electron chi connectivity index (χ0n) is 18.0. The number of aryl methyl sites for hydroxylation is 1. The number of anilines is 1. The highest BCUT2D eigenvalue weighted by Gasteiger charge is 2.24. The highest BCUT2D eigenvalue weighted by molar-refractivity contribution is 7.99. The second-order valence-corrected chi connectivity index (χ2v) is 9.92. The Kier molecular flexibility index (Phi) is 5.64. The monoisotopic (exact) mass is 469 g/mol. The molecule has 166 valence electrons. The van der Waals surface area contributed by atoms with Crippen LogP contribution in [0.15, 0.2) is 29.7 Å². The molecule has 3 aromatic heterocycles. The maximum absolute atomic E-state index is 12.6. The van der Waals surface area contributed by atoms with Crippen LogP contribution in [0.2, 0.25) is 0 Å². The quantitative estimate of drug-likeness (QED) is 0.423. The molecule has 0 bridgehead atoms. The number of amides is 1. The smallest absolute Gasteiger partial charge is 0.234 e. The minimum Gasteiger partial charge on any atom is -0.497 e. The second kappa shape index (κ2) is 8.59. The number of carbonyl (C=O) groups is 1. The van der Waals surface area contributed by atoms with Crippen LogP contribution in [0.25, 0.3) is 15.9 Å². The van der Waals surface area contributed by atoms with Crippen LogP contribution in [0, 0.1) is 5.92 Å². The number of rotatable bonds is 6. The Balaban J connectivity index is 1.35. The summed E-state index contributed by atoms with van der Waals surface area (Å²) in [7, 11) is 3.14. The lowest BCUT2D eigenvalue weighted by atomic mass is 9.89. The fourth-order valence-electron chi connectivity index (χ4n) is 4.02. The normalized spacial score (nSPS) is 15.7. The number of nitrogens with zero attached hydrogens (tertiary/aromatic N) is 4. The van der Waals surface area contributed by atoms with Gasteiger partial charge in [0.15, 0.2) is 10.8 Å². The molecule has 10 heteroatoms. The van der Waals surface area contributed by atoms with Gasteiger partial charge < -0.3 is 14.8 Å². The summed E-state index contributed by atoms with van der Waals surface area (Å²) in [6.07, 6.45) is 5.11. The molecule has 4 aromatic rings. The van der Waals surface area contributed by atoms with Crippen molar-refractivity contribution in [1.29, 1.82) is 0 Å². The summed E-state index contributed by atoms with van der Waals surface area (Å²) in [5, 5.41) is 13.4. The molecule has 0 saturated heterocycles. The van der Waals surface area contributed by atoms with Gasteiger partial charge in [0.1, 0.15) is 22.7 Å². The van der Waals surface area contributed by atoms with E-state index in [1.807, 2.05) is 4.40 Å². The van der Waals surface area contributed by atoms with Gasteiger partial charge in [0.25, 0.3) is 0 Å². The first kappa shape index (κ1) is 21.0. The Morgan fingerprint density at radius 2 is 2.03 bits per heavy atom. The summed E-state index contributed by atoms with van der Waals surface area (Å²) >= 11 is 3.10. The number of fused-ring (bicyclic) bond motifs is 5. The molecule has 1 unspecified atom stereocenters. The van der Waals surface area contributed by atoms with Crippen molar-refractivity contribution < 1.29 is 14.3 Å². The number of thiophene rings is 1. The van der Waals surface area contributed by atoms with Gasteiger partial charge in [-0.2, -0.15) is 0 Å². The molecule has 1 aliphatic carbocycles. The minimum atomic E-state index is -0.155. The van der Waals surface area contributed by atoms with Gasteiger partial charge in [-0.1, -0.05) is 18.7 Å². The number of aromatic nitrogens is 4. The second-order valence-electron chi connectivity index (χ2n) is 7.89. The number of nitrogens with one attached hydrogen (secondary N) is 1. The van der Waals surface area contributed by atoms with Crippen molar-refractivity contribution in [3.63, 3.8) is 0 Å². The van der Waals surface area contributed by atoms with Crippen molar-refractivity contribution in [3.05, 3.63) is 35.0 Å². The third-order valence-corrected chi connectivity index (χ3v) is 7.74. The van der Waals surface area contributed by atoms with Gasteiger partial charge in [-0.25, -0.2) is 4.98 Å². The highest BCUT2D eigenvalue weighted by Crippen LogP contribution is 2.39. The van der Waals surface area contributed by atoms with E-state index in [1.54, 1.807) is 50.1 Å². The van der Waals surface area contributed by atoms with Crippen molar-refractivity contribution in [1.82, 2.24) is 19.6 Å². The molecule has 5 rings (SSSR count). The fraction of sp³-hybridized carbons (Fsp3) is 0.364. The van der Waals surface area contributed by atoms with Crippen molar-refractivity contribution in [3.8, 4) is 11.5 Å². The van der Waals surface area contributed by atoms with Crippen molar-refractivity contribution in [2.45, 2.75) is 31.3 Å². The first-order valence-electron chi connectivity index (χ1n) is 10.4. The topological polar surface area (TPSA) is 90.6 Å². The van der Waals surface area contributed by atoms with Crippen LogP contribution < -0.4 is 14.8 Å². The van der Waals surface area contributed by atoms with Gasteiger partial charge in [0.2, 0.25) is 5.91 Å². The van der Waals surface area contributed by atoms with Crippen LogP contribution in [-0.2, 0) is 17.6 Å². The maximum atomic E-state index is 12.6. The molecule has 3 heterocycles. The SMILES string of the molecule is COc1cc(NC(=O)CSc2nnc3c4c5c(sc4ncn23)CC(C)CC5)cc(OC)c1. The van der Waals surface area contributed by atoms with E-state index in [0.717, 1.165) is 28.7 Å². The molecule has 8 nitrogen and oxygen atoms in total. The maximum Gasteiger partial charge on any atom is 0.234 e. The molecule has 0 saturated carbocycles. The van der Waals surface area contributed by atoms with Gasteiger partial charge in [-0.15, -0.1) is 21.5 Å². The van der Waals surface area contributed by atoms with Gasteiger partial charge in [-0.3, -0.25) is 9.20 Å². The lowest BCUT2D eigenvalue weighted by Crippen LogP contribution is -2.14. The van der Waals surface area contributed by atoms with Gasteiger partial charge >= 0.3 is 0 Å². The standard InChI is InChI=1S/C22H23N5O3S2/c1-12-4-5-16-17(6-12)32-21-19(16)20-25-26-22(27(20)11-23-21)31-10-18(28)24-13-7-14(29-2)9-15(8-13)30-3/h7-9,11-12H,4-6,10H2,1-3H3,(H,24,28). The molecule has 1 aliphatic rings. The van der Waals surface area contributed by atoms with Crippen molar-refractivity contribution in [2.75, 3.05) is 25.3 Å². The molecule has 0 aliphatic heterocycles. The lowest BCUT2D eigenvalue weighted by molar-refractivity contribution is -0.113. The van der Waals surface area contributed by atoms with Gasteiger partial charge in [0.05, 0.1) is 25.4 Å². The molecule has 32 heavy (non-hydrogen) atoms. The molecule has 0 spiro atoms. The largest absolute Gasteiger partial charge is 0.497 e. The number of methoxy groups -OCH3 is 2. The van der Waals surface area contributed by atoms with E-state index in [9.17, 15) is 4.79 Å². The number of thioether (sulfide) groups is 1. The zero-order valence-corrected chi connectivity index (χ0v) is 19.7. The Morgan fingerprint density at radius 1 is 1.25 bits per heavy atom. The molecule has 1 amide bonds. The van der Waals surface area contributed by atoms with E-state index in [2.05, 4.69) is 27.4 Å². The summed E-state index contributed by atoms with van der Waals surface area (Å²) in [5.74, 6) is 1.97. The molecular formula is C22H23N5O3S2. The predicted octanol–water partition coefficient (Wildman–Crippen LogP) is 4.21. The molecule has 1 aromatic carbocycles. The summed E-state index contributed by atoms with van der Waals surface area (Å²) in [5.41, 5.74) is 2.80. The van der Waals surface area contributed by atoms with Gasteiger partial charge in [0, 0.05) is 28.8 Å². The Hall–Kier alpha value is -2.85. The summed E-state index contributed by atoms with van der Waals surface area (Å²) in [6, 6.07) is 5.25. The lowest BCUT2D eigenvalue weighted by Gasteiger charge is -2.17. The highest BCUT2D eigenvalue weighted by atomic mass is 32.2. The minimum absolute atomic E-state index is 0.155. The third-order valence-electron chi connectivity index (χ3n) is 5.64. The number of ether oxygens (including phenoxy) is 2. The average Bonchev–Trinajstić information content (AvgIpc) is 3.37. The predicted molar refractivity (Wildman–Crippen MR) is 126 cm³/mol. The Morgan fingerprint density at radius 3 is 2.78 bits per heavy atom. The molecule has 1 atom stereocenters. The third kappa shape index (κ3) is 3.88. The summed E-state index contributed by atoms with van der Waals surface area (Å²) in [4.78, 5) is 19.7. The van der Waals surface area contributed by atoms with E-state index in [4.69, 9.17) is 9.47 Å². The zero-order chi connectivity index (χ0) is 22.2. The first-order valence-corrected chi connectivity index (χ1v) is 12.2. The van der Waals surface area contributed by atoms with Crippen LogP contribution in [0.5, 0.6) is 11.5 Å². The van der Waals surface area contributed by atoms with Gasteiger partial charge in [-0.05, 0) is 30.7 Å². The van der Waals surface area contributed by atoms with E-state index < -0.39 is 0 Å². The number of hydrogen-bond acceptors (Lipinski definition) is 8. The molecule has 0 fully saturated rings. The average molecular weight is 470 g/mol. The van der Waals surface area contributed by atoms with E-state index >= 15 is 0 Å². The molecule has 0 radical (unpaired) electrons. The summed E-state index contributed by atoms with van der Waals surface area (Å²) in [6.45, 7) is 2.30. The van der Waals surface area contributed by atoms with E-state index in [1.165, 1.54) is 28.6 Å². The van der Waals surface area contributed by atoms with Crippen LogP contribution in [0.1, 0.15) is 23.8 Å². The molecular weight excluding hydrogens is 446 g/mol. The van der Waals surface area contributed by atoms with Crippen molar-refractivity contribution in [2.24, 2.45) is 5.92 Å². The van der Waals surface area contributed by atoms with E-state index in [0.29, 0.717) is 28.3 Å². The van der Waals surface area contributed by atoms with Crippen LogP contribution in [0.3, 0.4) is 0 Å². The van der Waals surface area contributed by atoms with E-state index in [-0.39, 0.29) is 11.7 Å². The van der Waals surface area contributed by atoms with Crippen LogP contribution in [0.4, 0.5) is 5.69 Å². The number of hydrogen-bond donors (Lipinski definition) is 1. The van der Waals surface area contributed by atoms with Crippen LogP contribution >= 0.6 is 23.1 Å². The Bertz CT molecular complexity index is 1290. The first-order chi connectivity index (χ1) is 15.6. The van der Waals surface area contributed by atoms with Crippen molar-refractivity contribution >= 4 is 50.6 Å². The molecule has 1 N–H and O–H groups in total.